The first-order valence-electron chi connectivity index (χ1n) is 9.73. The highest BCUT2D eigenvalue weighted by atomic mass is 35.5. The molecule has 1 saturated heterocycles. The number of benzene rings is 2. The van der Waals surface area contributed by atoms with Gasteiger partial charge in [-0.25, -0.2) is 0 Å². The van der Waals surface area contributed by atoms with Gasteiger partial charge in [-0.2, -0.15) is 0 Å². The van der Waals surface area contributed by atoms with Gasteiger partial charge < -0.3 is 29.3 Å². The van der Waals surface area contributed by atoms with E-state index in [1.54, 1.807) is 25.1 Å². The Kier molecular flexibility index (Phi) is 6.96. The third-order valence-corrected chi connectivity index (χ3v) is 5.52. The molecule has 9 heteroatoms. The van der Waals surface area contributed by atoms with Gasteiger partial charge in [0.1, 0.15) is 11.5 Å². The molecule has 1 heterocycles. The van der Waals surface area contributed by atoms with Gasteiger partial charge in [-0.15, -0.1) is 0 Å². The van der Waals surface area contributed by atoms with Crippen LogP contribution >= 0.6 is 11.6 Å². The first kappa shape index (κ1) is 23.4. The maximum Gasteiger partial charge on any atom is 0.295 e. The second kappa shape index (κ2) is 9.50. The van der Waals surface area contributed by atoms with E-state index in [0.717, 1.165) is 5.56 Å². The van der Waals surface area contributed by atoms with Crippen molar-refractivity contribution in [1.82, 2.24) is 4.90 Å². The molecule has 2 aromatic carbocycles. The Hall–Kier alpha value is -3.23. The highest BCUT2D eigenvalue weighted by molar-refractivity contribution is 6.46. The van der Waals surface area contributed by atoms with Crippen LogP contribution in [-0.2, 0) is 14.3 Å². The van der Waals surface area contributed by atoms with Gasteiger partial charge in [0.2, 0.25) is 0 Å². The van der Waals surface area contributed by atoms with E-state index < -0.39 is 23.5 Å². The lowest BCUT2D eigenvalue weighted by atomic mass is 9.94. The lowest BCUT2D eigenvalue weighted by molar-refractivity contribution is -0.140. The van der Waals surface area contributed by atoms with Gasteiger partial charge in [-0.1, -0.05) is 17.7 Å². The summed E-state index contributed by atoms with van der Waals surface area (Å²) in [7, 11) is 4.28. The number of phenols is 1. The number of ether oxygens (including phenoxy) is 3. The molecule has 1 aliphatic rings. The van der Waals surface area contributed by atoms with Crippen LogP contribution in [0.3, 0.4) is 0 Å². The maximum absolute atomic E-state index is 13.0. The number of methoxy groups -OCH3 is 3. The molecule has 8 nitrogen and oxygen atoms in total. The number of hydrogen-bond acceptors (Lipinski definition) is 7. The number of carbonyl (C=O) groups excluding carboxylic acids is 2. The van der Waals surface area contributed by atoms with Crippen LogP contribution in [0, 0.1) is 6.92 Å². The number of Topliss-reactive ketones (excluding diaryl/α,β-unsaturated/α-hetero) is 1. The molecule has 0 saturated carbocycles. The Labute approximate surface area is 190 Å². The summed E-state index contributed by atoms with van der Waals surface area (Å²) in [4.78, 5) is 27.2. The minimum atomic E-state index is -0.967. The number of aromatic hydroxyl groups is 1. The van der Waals surface area contributed by atoms with Crippen molar-refractivity contribution in [2.45, 2.75) is 13.0 Å². The van der Waals surface area contributed by atoms with Crippen LogP contribution in [0.25, 0.3) is 5.76 Å². The van der Waals surface area contributed by atoms with Gasteiger partial charge in [-0.05, 0) is 42.3 Å². The van der Waals surface area contributed by atoms with E-state index in [1.807, 2.05) is 0 Å². The summed E-state index contributed by atoms with van der Waals surface area (Å²) >= 11 is 6.27. The van der Waals surface area contributed by atoms with E-state index in [1.165, 1.54) is 38.4 Å². The van der Waals surface area contributed by atoms with Gasteiger partial charge in [0.15, 0.2) is 11.5 Å². The van der Waals surface area contributed by atoms with E-state index in [4.69, 9.17) is 25.8 Å². The summed E-state index contributed by atoms with van der Waals surface area (Å²) < 4.78 is 15.5. The zero-order valence-electron chi connectivity index (χ0n) is 18.1. The zero-order valence-corrected chi connectivity index (χ0v) is 18.9. The lowest BCUT2D eigenvalue weighted by Gasteiger charge is -2.25. The Balaban J connectivity index is 2.27. The van der Waals surface area contributed by atoms with Crippen LogP contribution < -0.4 is 9.47 Å². The molecule has 2 N–H and O–H groups in total. The number of nitrogens with zero attached hydrogens (tertiary/aromatic N) is 1. The summed E-state index contributed by atoms with van der Waals surface area (Å²) in [6, 6.07) is 6.83. The number of halogens is 1. The van der Waals surface area contributed by atoms with Crippen LogP contribution in [0.1, 0.15) is 22.7 Å². The van der Waals surface area contributed by atoms with E-state index in [0.29, 0.717) is 5.56 Å². The molecule has 0 aromatic heterocycles. The third-order valence-electron chi connectivity index (χ3n) is 5.24. The second-order valence-corrected chi connectivity index (χ2v) is 7.65. The molecule has 0 aliphatic carbocycles. The van der Waals surface area contributed by atoms with E-state index >= 15 is 0 Å². The van der Waals surface area contributed by atoms with Gasteiger partial charge in [0.25, 0.3) is 11.7 Å². The monoisotopic (exact) mass is 461 g/mol. The molecule has 0 spiro atoms. The van der Waals surface area contributed by atoms with Gasteiger partial charge in [0.05, 0.1) is 43.0 Å². The number of phenolic OH excluding ortho intramolecular Hbond substituents is 1. The number of aryl methyl sites for hydroxylation is 1. The van der Waals surface area contributed by atoms with Gasteiger partial charge in [0, 0.05) is 13.7 Å². The van der Waals surface area contributed by atoms with Crippen LogP contribution in [0.4, 0.5) is 0 Å². The number of carbonyl (C=O) groups is 2. The molecular formula is C23H24ClNO7. The molecule has 0 radical (unpaired) electrons. The van der Waals surface area contributed by atoms with Gasteiger partial charge in [-0.3, -0.25) is 9.59 Å². The molecule has 2 aromatic rings. The number of aliphatic hydroxyl groups excluding tert-OH is 1. The van der Waals surface area contributed by atoms with Crippen molar-refractivity contribution in [3.63, 3.8) is 0 Å². The predicted octanol–water partition coefficient (Wildman–Crippen LogP) is 3.44. The van der Waals surface area contributed by atoms with Gasteiger partial charge >= 0.3 is 0 Å². The van der Waals surface area contributed by atoms with Crippen molar-refractivity contribution in [3.05, 3.63) is 57.6 Å². The molecule has 1 atom stereocenters. The first-order chi connectivity index (χ1) is 15.2. The molecule has 170 valence electrons. The molecule has 1 unspecified atom stereocenters. The fraction of sp³-hybridized carbons (Fsp3) is 0.304. The molecular weight excluding hydrogens is 438 g/mol. The second-order valence-electron chi connectivity index (χ2n) is 7.24. The van der Waals surface area contributed by atoms with Crippen LogP contribution in [0.2, 0.25) is 5.02 Å². The van der Waals surface area contributed by atoms with Crippen molar-refractivity contribution >= 4 is 29.1 Å². The Morgan fingerprint density at radius 1 is 1.12 bits per heavy atom. The van der Waals surface area contributed by atoms with Crippen molar-refractivity contribution in [2.75, 3.05) is 34.5 Å². The number of ketones is 1. The Morgan fingerprint density at radius 3 is 2.44 bits per heavy atom. The topological polar surface area (TPSA) is 106 Å². The van der Waals surface area contributed by atoms with Crippen LogP contribution in [0.5, 0.6) is 17.2 Å². The molecule has 1 amide bonds. The number of likely N-dealkylation sites (tertiary alicyclic amines) is 1. The average molecular weight is 462 g/mol. The highest BCUT2D eigenvalue weighted by Gasteiger charge is 2.46. The Bertz CT molecular complexity index is 1100. The van der Waals surface area contributed by atoms with Crippen molar-refractivity contribution in [1.29, 1.82) is 0 Å². The summed E-state index contributed by atoms with van der Waals surface area (Å²) in [5.41, 5.74) is 1.18. The van der Waals surface area contributed by atoms with Crippen molar-refractivity contribution < 1.29 is 34.0 Å². The smallest absolute Gasteiger partial charge is 0.295 e. The molecule has 1 fully saturated rings. The zero-order chi connectivity index (χ0) is 23.6. The van der Waals surface area contributed by atoms with Crippen molar-refractivity contribution in [3.8, 4) is 17.2 Å². The van der Waals surface area contributed by atoms with Crippen LogP contribution in [0.15, 0.2) is 35.9 Å². The molecule has 0 bridgehead atoms. The Morgan fingerprint density at radius 2 is 1.84 bits per heavy atom. The number of rotatable bonds is 7. The number of hydrogen-bond donors (Lipinski definition) is 2. The number of aliphatic hydroxyl groups is 1. The average Bonchev–Trinajstić information content (AvgIpc) is 3.01. The first-order valence-corrected chi connectivity index (χ1v) is 10.1. The van der Waals surface area contributed by atoms with E-state index in [9.17, 15) is 19.8 Å². The normalized spacial score (nSPS) is 17.7. The van der Waals surface area contributed by atoms with Crippen molar-refractivity contribution in [2.24, 2.45) is 0 Å². The summed E-state index contributed by atoms with van der Waals surface area (Å²) in [6.07, 6.45) is 0. The minimum Gasteiger partial charge on any atom is -0.507 e. The predicted molar refractivity (Wildman–Crippen MR) is 118 cm³/mol. The largest absolute Gasteiger partial charge is 0.507 e. The van der Waals surface area contributed by atoms with E-state index in [2.05, 4.69) is 0 Å². The third kappa shape index (κ3) is 4.11. The van der Waals surface area contributed by atoms with Crippen LogP contribution in [-0.4, -0.2) is 61.3 Å². The molecule has 1 aliphatic heterocycles. The molecule has 3 rings (SSSR count). The summed E-state index contributed by atoms with van der Waals surface area (Å²) in [6.45, 7) is 2.05. The minimum absolute atomic E-state index is 0.0982. The number of amides is 1. The maximum atomic E-state index is 13.0. The summed E-state index contributed by atoms with van der Waals surface area (Å²) in [5.74, 6) is -1.84. The van der Waals surface area contributed by atoms with E-state index in [-0.39, 0.29) is 46.6 Å². The summed E-state index contributed by atoms with van der Waals surface area (Å²) in [5, 5.41) is 21.8. The SMILES string of the molecule is COCCN1C(=O)C(=O)/C(=C(/O)c2cc(C)cc(Cl)c2OC)C1c1ccc(OC)c(O)c1. The quantitative estimate of drug-likeness (QED) is 0.369. The highest BCUT2D eigenvalue weighted by Crippen LogP contribution is 2.44. The fourth-order valence-corrected chi connectivity index (χ4v) is 4.13. The fourth-order valence-electron chi connectivity index (χ4n) is 3.78. The molecule has 32 heavy (non-hydrogen) atoms. The standard InChI is InChI=1S/C23H24ClNO7/c1-12-9-14(22(32-4)15(24)10-12)20(27)18-19(13-5-6-17(31-3)16(26)11-13)25(7-8-30-2)23(29)21(18)28/h5-6,9-11,19,26-27H,7-8H2,1-4H3/b20-18+. The lowest BCUT2D eigenvalue weighted by Crippen LogP contribution is -2.32.